The topological polar surface area (TPSA) is 62.3 Å². The van der Waals surface area contributed by atoms with Crippen molar-refractivity contribution >= 4 is 5.82 Å². The Morgan fingerprint density at radius 2 is 1.86 bits per heavy atom. The van der Waals surface area contributed by atoms with Gasteiger partial charge in [-0.1, -0.05) is 12.1 Å². The van der Waals surface area contributed by atoms with Gasteiger partial charge in [0.25, 0.3) is 0 Å². The second kappa shape index (κ2) is 6.38. The molecule has 1 aromatic heterocycles. The number of aryl methyl sites for hydroxylation is 1. The van der Waals surface area contributed by atoms with Crippen LogP contribution in [0.25, 0.3) is 0 Å². The molecule has 114 valence electrons. The minimum atomic E-state index is -4.74. The predicted octanol–water partition coefficient (Wildman–Crippen LogP) is 2.83. The zero-order valence-electron chi connectivity index (χ0n) is 11.0. The van der Waals surface area contributed by atoms with Crippen molar-refractivity contribution in [3.05, 3.63) is 36.5 Å². The van der Waals surface area contributed by atoms with Crippen LogP contribution in [0.4, 0.5) is 19.0 Å². The number of nitrogen functional groups attached to an aromatic ring is 1. The predicted molar refractivity (Wildman–Crippen MR) is 69.9 cm³/mol. The number of alkyl halides is 3. The van der Waals surface area contributed by atoms with E-state index in [1.165, 1.54) is 18.2 Å². The Labute approximate surface area is 119 Å². The first-order valence-corrected chi connectivity index (χ1v) is 6.20. The highest BCUT2D eigenvalue weighted by Crippen LogP contribution is 2.31. The lowest BCUT2D eigenvalue weighted by molar-refractivity contribution is -0.275. The second-order valence-electron chi connectivity index (χ2n) is 4.20. The number of nitrogens with two attached hydrogens (primary N) is 1. The zero-order valence-corrected chi connectivity index (χ0v) is 11.0. The Kier molecular flexibility index (Phi) is 4.56. The molecule has 0 fully saturated rings. The molecular formula is C13H14F3N3O2. The smallest absolute Gasteiger partial charge is 0.490 e. The lowest BCUT2D eigenvalue weighted by Gasteiger charge is -2.13. The molecule has 0 spiro atoms. The molecule has 2 aromatic rings. The Bertz CT molecular complexity index is 584. The highest BCUT2D eigenvalue weighted by molar-refractivity contribution is 5.39. The van der Waals surface area contributed by atoms with Crippen molar-refractivity contribution in [1.82, 2.24) is 9.78 Å². The van der Waals surface area contributed by atoms with Crippen LogP contribution >= 0.6 is 0 Å². The third-order valence-electron chi connectivity index (χ3n) is 2.53. The summed E-state index contributed by atoms with van der Waals surface area (Å²) in [6, 6.07) is 7.31. The number of rotatable bonds is 6. The van der Waals surface area contributed by atoms with E-state index in [1.54, 1.807) is 23.0 Å². The van der Waals surface area contributed by atoms with Crippen molar-refractivity contribution in [3.63, 3.8) is 0 Å². The molecule has 1 heterocycles. The number of halogens is 3. The maximum absolute atomic E-state index is 12.2. The van der Waals surface area contributed by atoms with Gasteiger partial charge in [0.05, 0.1) is 6.61 Å². The van der Waals surface area contributed by atoms with Crippen molar-refractivity contribution in [3.8, 4) is 11.5 Å². The summed E-state index contributed by atoms with van der Waals surface area (Å²) >= 11 is 0. The Hall–Kier alpha value is -2.38. The lowest BCUT2D eigenvalue weighted by Crippen LogP contribution is -2.18. The monoisotopic (exact) mass is 301 g/mol. The summed E-state index contributed by atoms with van der Waals surface area (Å²) in [6.07, 6.45) is -2.45. The van der Waals surface area contributed by atoms with Crippen LogP contribution in [0, 0.1) is 0 Å². The Morgan fingerprint density at radius 3 is 2.48 bits per heavy atom. The summed E-state index contributed by atoms with van der Waals surface area (Å²) in [4.78, 5) is 0. The van der Waals surface area contributed by atoms with Crippen LogP contribution in [0.15, 0.2) is 36.5 Å². The van der Waals surface area contributed by atoms with Gasteiger partial charge in [-0.15, -0.1) is 13.2 Å². The van der Waals surface area contributed by atoms with Crippen LogP contribution in [0.1, 0.15) is 6.42 Å². The molecule has 0 saturated heterocycles. The van der Waals surface area contributed by atoms with E-state index < -0.39 is 6.36 Å². The molecule has 0 bridgehead atoms. The van der Waals surface area contributed by atoms with Crippen LogP contribution < -0.4 is 15.2 Å². The van der Waals surface area contributed by atoms with Crippen LogP contribution in [0.5, 0.6) is 11.5 Å². The molecule has 0 saturated carbocycles. The summed E-state index contributed by atoms with van der Waals surface area (Å²) in [5.74, 6) is 0.114. The van der Waals surface area contributed by atoms with Gasteiger partial charge < -0.3 is 15.2 Å². The van der Waals surface area contributed by atoms with Gasteiger partial charge in [0.2, 0.25) is 0 Å². The molecule has 8 heteroatoms. The number of anilines is 1. The summed E-state index contributed by atoms with van der Waals surface area (Å²) in [5, 5.41) is 3.99. The molecule has 0 aliphatic rings. The van der Waals surface area contributed by atoms with E-state index >= 15 is 0 Å². The fraction of sp³-hybridized carbons (Fsp3) is 0.308. The minimum absolute atomic E-state index is 0.0507. The number of aromatic nitrogens is 2. The first kappa shape index (κ1) is 15.0. The van der Waals surface area contributed by atoms with E-state index in [0.29, 0.717) is 18.8 Å². The van der Waals surface area contributed by atoms with Crippen molar-refractivity contribution in [2.45, 2.75) is 19.3 Å². The summed E-state index contributed by atoms with van der Waals surface area (Å²) < 4.78 is 47.5. The fourth-order valence-electron chi connectivity index (χ4n) is 1.69. The molecule has 21 heavy (non-hydrogen) atoms. The first-order valence-electron chi connectivity index (χ1n) is 6.20. The SMILES string of the molecule is Nc1ccn(CCCOc2ccccc2OC(F)(F)F)n1. The van der Waals surface area contributed by atoms with Crippen LogP contribution in [0.3, 0.4) is 0 Å². The molecular weight excluding hydrogens is 287 g/mol. The number of benzene rings is 1. The number of ether oxygens (including phenoxy) is 2. The third-order valence-corrected chi connectivity index (χ3v) is 2.53. The summed E-state index contributed by atoms with van der Waals surface area (Å²) in [6.45, 7) is 0.789. The number of hydrogen-bond donors (Lipinski definition) is 1. The maximum Gasteiger partial charge on any atom is 0.573 e. The quantitative estimate of drug-likeness (QED) is 0.833. The molecule has 0 aliphatic carbocycles. The zero-order chi connectivity index (χ0) is 15.3. The van der Waals surface area contributed by atoms with Crippen LogP contribution in [0.2, 0.25) is 0 Å². The van der Waals surface area contributed by atoms with Gasteiger partial charge in [0.1, 0.15) is 5.82 Å². The molecule has 0 unspecified atom stereocenters. The summed E-state index contributed by atoms with van der Waals surface area (Å²) in [5.41, 5.74) is 5.47. The van der Waals surface area contributed by atoms with E-state index in [9.17, 15) is 13.2 Å². The second-order valence-corrected chi connectivity index (χ2v) is 4.20. The van der Waals surface area contributed by atoms with E-state index in [0.717, 1.165) is 0 Å². The number of para-hydroxylation sites is 2. The number of hydrogen-bond acceptors (Lipinski definition) is 4. The molecule has 2 N–H and O–H groups in total. The fourth-order valence-corrected chi connectivity index (χ4v) is 1.69. The van der Waals surface area contributed by atoms with Gasteiger partial charge in [-0.25, -0.2) is 0 Å². The Balaban J connectivity index is 1.85. The van der Waals surface area contributed by atoms with Crippen molar-refractivity contribution in [2.24, 2.45) is 0 Å². The molecule has 1 aromatic carbocycles. The van der Waals surface area contributed by atoms with Crippen molar-refractivity contribution in [1.29, 1.82) is 0 Å². The average molecular weight is 301 g/mol. The maximum atomic E-state index is 12.2. The van der Waals surface area contributed by atoms with Gasteiger partial charge in [-0.05, 0) is 18.2 Å². The van der Waals surface area contributed by atoms with Crippen molar-refractivity contribution in [2.75, 3.05) is 12.3 Å². The van der Waals surface area contributed by atoms with Gasteiger partial charge in [0, 0.05) is 19.2 Å². The van der Waals surface area contributed by atoms with Crippen LogP contribution in [-0.4, -0.2) is 22.7 Å². The molecule has 0 aliphatic heterocycles. The molecule has 2 rings (SSSR count). The average Bonchev–Trinajstić information content (AvgIpc) is 2.80. The van der Waals surface area contributed by atoms with E-state index in [1.807, 2.05) is 0 Å². The third kappa shape index (κ3) is 4.90. The van der Waals surface area contributed by atoms with E-state index in [-0.39, 0.29) is 18.1 Å². The van der Waals surface area contributed by atoms with E-state index in [2.05, 4.69) is 9.84 Å². The highest BCUT2D eigenvalue weighted by atomic mass is 19.4. The van der Waals surface area contributed by atoms with E-state index in [4.69, 9.17) is 10.5 Å². The minimum Gasteiger partial charge on any atom is -0.490 e. The highest BCUT2D eigenvalue weighted by Gasteiger charge is 2.32. The van der Waals surface area contributed by atoms with Gasteiger partial charge in [0.15, 0.2) is 11.5 Å². The molecule has 0 atom stereocenters. The standard InChI is InChI=1S/C13H14F3N3O2/c14-13(15,16)21-11-5-2-1-4-10(11)20-9-3-7-19-8-6-12(17)18-19/h1-2,4-6,8H,3,7,9H2,(H2,17,18). The lowest BCUT2D eigenvalue weighted by atomic mass is 10.3. The van der Waals surface area contributed by atoms with Gasteiger partial charge in [-0.2, -0.15) is 5.10 Å². The van der Waals surface area contributed by atoms with Crippen LogP contribution in [-0.2, 0) is 6.54 Å². The van der Waals surface area contributed by atoms with Crippen molar-refractivity contribution < 1.29 is 22.6 Å². The Morgan fingerprint density at radius 1 is 1.14 bits per heavy atom. The largest absolute Gasteiger partial charge is 0.573 e. The summed E-state index contributed by atoms with van der Waals surface area (Å²) in [7, 11) is 0. The van der Waals surface area contributed by atoms with Gasteiger partial charge >= 0.3 is 6.36 Å². The molecule has 0 radical (unpaired) electrons. The molecule has 0 amide bonds. The number of nitrogens with zero attached hydrogens (tertiary/aromatic N) is 2. The first-order chi connectivity index (χ1) is 9.94. The molecule has 5 nitrogen and oxygen atoms in total. The normalized spacial score (nSPS) is 11.4. The van der Waals surface area contributed by atoms with Gasteiger partial charge in [-0.3, -0.25) is 4.68 Å².